The first-order valence-corrected chi connectivity index (χ1v) is 17.1. The van der Waals surface area contributed by atoms with Gasteiger partial charge in [-0.15, -0.1) is 0 Å². The van der Waals surface area contributed by atoms with E-state index >= 15 is 0 Å². The molecule has 12 nitrogen and oxygen atoms in total. The average molecular weight is 625 g/mol. The third-order valence-corrected chi connectivity index (χ3v) is 11.0. The minimum Gasteiger partial charge on any atom is -0.247 e. The Morgan fingerprint density at radius 1 is 0.556 bits per heavy atom. The fraction of sp³-hybridized carbons (Fsp3) is 0.818. The lowest BCUT2D eigenvalue weighted by Gasteiger charge is -2.38. The summed E-state index contributed by atoms with van der Waals surface area (Å²) in [6.45, 7) is 5.80. The molecule has 3 aliphatic rings. The molecular weight excluding hydrogens is 576 g/mol. The van der Waals surface area contributed by atoms with Gasteiger partial charge in [-0.2, -0.15) is 0 Å². The molecule has 1 aromatic rings. The van der Waals surface area contributed by atoms with Crippen molar-refractivity contribution in [2.45, 2.75) is 153 Å². The molecule has 1 aromatic heterocycles. The first kappa shape index (κ1) is 34.4. The molecule has 1 heterocycles. The predicted octanol–water partition coefficient (Wildman–Crippen LogP) is 4.71. The van der Waals surface area contributed by atoms with Gasteiger partial charge >= 0.3 is 17.1 Å². The molecule has 246 valence electrons. The molecule has 0 spiro atoms. The summed E-state index contributed by atoms with van der Waals surface area (Å²) in [4.78, 5) is 89.5. The monoisotopic (exact) mass is 624 g/mol. The van der Waals surface area contributed by atoms with Crippen LogP contribution in [0.2, 0.25) is 0 Å². The summed E-state index contributed by atoms with van der Waals surface area (Å²) in [6.07, 6.45) is 15.5. The minimum atomic E-state index is -0.641. The second-order valence-corrected chi connectivity index (χ2v) is 13.1. The third kappa shape index (κ3) is 7.19. The maximum absolute atomic E-state index is 14.6. The van der Waals surface area contributed by atoms with Crippen LogP contribution >= 0.6 is 0 Å². The molecule has 3 fully saturated rings. The normalized spacial score (nSPS) is 28.9. The number of aromatic nitrogens is 3. The van der Waals surface area contributed by atoms with Crippen molar-refractivity contribution in [1.82, 2.24) is 13.7 Å². The van der Waals surface area contributed by atoms with Gasteiger partial charge in [0.05, 0.1) is 18.1 Å². The van der Waals surface area contributed by atoms with E-state index in [-0.39, 0.29) is 35.9 Å². The van der Waals surface area contributed by atoms with Crippen LogP contribution in [-0.2, 0) is 14.4 Å². The number of hydrogen-bond acceptors (Lipinski definition) is 9. The molecule has 7 unspecified atom stereocenters. The van der Waals surface area contributed by atoms with Gasteiger partial charge in [0.2, 0.25) is 18.2 Å². The van der Waals surface area contributed by atoms with Crippen molar-refractivity contribution in [3.8, 4) is 0 Å². The van der Waals surface area contributed by atoms with Crippen molar-refractivity contribution < 1.29 is 14.4 Å². The molecule has 3 saturated carbocycles. The molecule has 0 aliphatic heterocycles. The van der Waals surface area contributed by atoms with E-state index in [1.54, 1.807) is 18.2 Å². The largest absolute Gasteiger partial charge is 0.336 e. The zero-order valence-corrected chi connectivity index (χ0v) is 26.9. The van der Waals surface area contributed by atoms with Crippen molar-refractivity contribution in [2.24, 2.45) is 32.7 Å². The Kier molecular flexibility index (Phi) is 12.4. The zero-order valence-electron chi connectivity index (χ0n) is 26.9. The molecular formula is C33H48N6O6. The Balaban J connectivity index is 1.95. The standard InChI is InChI=1S/C33H48N6O6/c1-4-28(22-15-17-23(18-16-22)34-19-40)37-31(43)38(29(5-2)24-11-7-9-13-26(24)35-20-41)33(45)39(32(37)44)30(6-3)25-12-8-10-14-27(25)36-21-42/h22-30H,4-18H2,1-3H3. The predicted molar refractivity (Wildman–Crippen MR) is 169 cm³/mol. The molecule has 0 radical (unpaired) electrons. The molecule has 4 rings (SSSR count). The van der Waals surface area contributed by atoms with E-state index in [1.165, 1.54) is 13.7 Å². The van der Waals surface area contributed by atoms with Gasteiger partial charge in [-0.25, -0.2) is 57.4 Å². The van der Waals surface area contributed by atoms with E-state index < -0.39 is 35.2 Å². The summed E-state index contributed by atoms with van der Waals surface area (Å²) in [5.74, 6) is -0.468. The van der Waals surface area contributed by atoms with E-state index in [0.717, 1.165) is 25.7 Å². The summed E-state index contributed by atoms with van der Waals surface area (Å²) < 4.78 is 3.90. The smallest absolute Gasteiger partial charge is 0.247 e. The average Bonchev–Trinajstić information content (AvgIpc) is 3.05. The van der Waals surface area contributed by atoms with Crippen LogP contribution in [0, 0.1) is 17.8 Å². The molecule has 0 saturated heterocycles. The first-order chi connectivity index (χ1) is 21.9. The Morgan fingerprint density at radius 2 is 0.933 bits per heavy atom. The lowest BCUT2D eigenvalue weighted by atomic mass is 9.78. The second-order valence-electron chi connectivity index (χ2n) is 13.1. The van der Waals surface area contributed by atoms with E-state index in [0.29, 0.717) is 70.6 Å². The summed E-state index contributed by atoms with van der Waals surface area (Å²) in [5, 5.41) is 0. The summed E-state index contributed by atoms with van der Waals surface area (Å²) >= 11 is 0. The van der Waals surface area contributed by atoms with Crippen LogP contribution in [-0.4, -0.2) is 50.1 Å². The number of aliphatic imine (C=N–C) groups is 3. The molecule has 0 N–H and O–H groups in total. The molecule has 0 bridgehead atoms. The van der Waals surface area contributed by atoms with Crippen molar-refractivity contribution in [1.29, 1.82) is 0 Å². The van der Waals surface area contributed by atoms with Crippen molar-refractivity contribution in [2.75, 3.05) is 0 Å². The van der Waals surface area contributed by atoms with Gasteiger partial charge in [-0.3, -0.25) is 0 Å². The van der Waals surface area contributed by atoms with Gasteiger partial charge in [0.15, 0.2) is 0 Å². The van der Waals surface area contributed by atoms with Crippen molar-refractivity contribution in [3.63, 3.8) is 0 Å². The van der Waals surface area contributed by atoms with E-state index in [1.807, 2.05) is 20.8 Å². The van der Waals surface area contributed by atoms with Gasteiger partial charge in [0.1, 0.15) is 0 Å². The van der Waals surface area contributed by atoms with E-state index in [9.17, 15) is 28.8 Å². The fourth-order valence-corrected chi connectivity index (χ4v) is 8.85. The SMILES string of the molecule is CCC(C1CCC(N=C=O)CC1)n1c(=O)n(C(CC)C2CCCCC2N=C=O)c(=O)n(C(CC)C2CCCCC2N=C=O)c1=O. The number of nitrogens with zero attached hydrogens (tertiary/aromatic N) is 6. The van der Waals surface area contributed by atoms with Crippen molar-refractivity contribution >= 4 is 18.2 Å². The molecule has 0 aromatic carbocycles. The Labute approximate surface area is 263 Å². The Morgan fingerprint density at radius 3 is 1.31 bits per heavy atom. The van der Waals surface area contributed by atoms with Crippen LogP contribution in [0.25, 0.3) is 0 Å². The zero-order chi connectivity index (χ0) is 32.5. The van der Waals surface area contributed by atoms with Gasteiger partial charge in [-0.1, -0.05) is 46.5 Å². The van der Waals surface area contributed by atoms with Crippen LogP contribution in [0.3, 0.4) is 0 Å². The maximum Gasteiger partial charge on any atom is 0.336 e. The molecule has 12 heteroatoms. The Bertz CT molecular complexity index is 1400. The minimum absolute atomic E-state index is 0.0118. The highest BCUT2D eigenvalue weighted by atomic mass is 16.2. The Hall–Kier alpha value is -3.45. The van der Waals surface area contributed by atoms with Crippen molar-refractivity contribution in [3.05, 3.63) is 31.5 Å². The van der Waals surface area contributed by atoms with Gasteiger partial charge in [0, 0.05) is 30.0 Å². The second kappa shape index (κ2) is 16.2. The lowest BCUT2D eigenvalue weighted by molar-refractivity contribution is 0.157. The topological polar surface area (TPSA) is 154 Å². The summed E-state index contributed by atoms with van der Waals surface area (Å²) in [6, 6.07) is -2.41. The lowest BCUT2D eigenvalue weighted by Crippen LogP contribution is -2.60. The van der Waals surface area contributed by atoms with Crippen LogP contribution in [0.15, 0.2) is 29.4 Å². The van der Waals surface area contributed by atoms with Gasteiger partial charge < -0.3 is 0 Å². The molecule has 0 amide bonds. The number of rotatable bonds is 12. The highest BCUT2D eigenvalue weighted by molar-refractivity contribution is 5.34. The number of hydrogen-bond donors (Lipinski definition) is 0. The highest BCUT2D eigenvalue weighted by Crippen LogP contribution is 2.39. The summed E-state index contributed by atoms with van der Waals surface area (Å²) in [5.41, 5.74) is -1.88. The summed E-state index contributed by atoms with van der Waals surface area (Å²) in [7, 11) is 0. The molecule has 7 atom stereocenters. The van der Waals surface area contributed by atoms with Gasteiger partial charge in [-0.05, 0) is 76.5 Å². The van der Waals surface area contributed by atoms with Crippen LogP contribution in [0.4, 0.5) is 0 Å². The number of carbonyl (C=O) groups excluding carboxylic acids is 3. The first-order valence-electron chi connectivity index (χ1n) is 17.1. The third-order valence-electron chi connectivity index (χ3n) is 11.0. The molecule has 45 heavy (non-hydrogen) atoms. The van der Waals surface area contributed by atoms with Crippen LogP contribution in [0.5, 0.6) is 0 Å². The maximum atomic E-state index is 14.6. The van der Waals surface area contributed by atoms with Crippen LogP contribution in [0.1, 0.15) is 135 Å². The number of isocyanates is 3. The quantitative estimate of drug-likeness (QED) is 0.242. The van der Waals surface area contributed by atoms with E-state index in [4.69, 9.17) is 0 Å². The van der Waals surface area contributed by atoms with Gasteiger partial charge in [0.25, 0.3) is 0 Å². The van der Waals surface area contributed by atoms with Crippen LogP contribution < -0.4 is 17.1 Å². The molecule has 3 aliphatic carbocycles. The fourth-order valence-electron chi connectivity index (χ4n) is 8.85. The highest BCUT2D eigenvalue weighted by Gasteiger charge is 2.40. The van der Waals surface area contributed by atoms with E-state index in [2.05, 4.69) is 15.0 Å².